The van der Waals surface area contributed by atoms with Crippen LogP contribution >= 0.6 is 11.6 Å². The topological polar surface area (TPSA) is 152 Å². The molecule has 2 amide bonds. The molecule has 1 aromatic heterocycles. The van der Waals surface area contributed by atoms with E-state index in [4.69, 9.17) is 16.3 Å². The standard InChI is InChI=1S/C33H31ClFN7O5/c34-26-9-10-27(42-19-37-39-40-42)25(30(26)35)8-11-29(43)41-17-14-23-24(2-1-3-28(23)47-18-20-12-15-36-16-13-20)31(41)32(44)38-22-6-4-21(5-7-22)33(45)46/h1-11,19-20,31,36H,12-18H2,(H,38,44)(H,45,46)/b11-8+. The summed E-state index contributed by atoms with van der Waals surface area (Å²) < 4.78 is 22.8. The van der Waals surface area contributed by atoms with Crippen LogP contribution in [0.5, 0.6) is 5.75 Å². The maximum Gasteiger partial charge on any atom is 0.335 e. The molecular formula is C33H31ClFN7O5. The zero-order valence-electron chi connectivity index (χ0n) is 25.1. The third kappa shape index (κ3) is 7.00. The Morgan fingerprint density at radius 2 is 1.89 bits per heavy atom. The molecule has 3 N–H and O–H groups in total. The monoisotopic (exact) mass is 659 g/mol. The van der Waals surface area contributed by atoms with Crippen molar-refractivity contribution in [3.63, 3.8) is 0 Å². The van der Waals surface area contributed by atoms with Crippen LogP contribution in [0.15, 0.2) is 67.0 Å². The number of tetrazole rings is 1. The number of nitrogens with zero attached hydrogens (tertiary/aromatic N) is 5. The normalized spacial score (nSPS) is 16.6. The number of rotatable bonds is 9. The van der Waals surface area contributed by atoms with Crippen molar-refractivity contribution in [1.29, 1.82) is 0 Å². The highest BCUT2D eigenvalue weighted by molar-refractivity contribution is 6.31. The summed E-state index contributed by atoms with van der Waals surface area (Å²) in [7, 11) is 0. The summed E-state index contributed by atoms with van der Waals surface area (Å²) in [5, 5.41) is 26.3. The maximum atomic E-state index is 15.2. The van der Waals surface area contributed by atoms with Gasteiger partial charge in [0.2, 0.25) is 5.91 Å². The van der Waals surface area contributed by atoms with Crippen LogP contribution in [0.25, 0.3) is 11.8 Å². The van der Waals surface area contributed by atoms with Crippen molar-refractivity contribution in [2.24, 2.45) is 5.92 Å². The minimum atomic E-state index is -1.09. The second-order valence-electron chi connectivity index (χ2n) is 11.3. The number of nitrogens with one attached hydrogen (secondary N) is 2. The number of hydrogen-bond acceptors (Lipinski definition) is 8. The van der Waals surface area contributed by atoms with Gasteiger partial charge in [-0.1, -0.05) is 23.7 Å². The molecule has 47 heavy (non-hydrogen) atoms. The summed E-state index contributed by atoms with van der Waals surface area (Å²) in [6, 6.07) is 13.0. The number of benzene rings is 3. The minimum Gasteiger partial charge on any atom is -0.493 e. The lowest BCUT2D eigenvalue weighted by atomic mass is 9.90. The lowest BCUT2D eigenvalue weighted by Gasteiger charge is -2.36. The van der Waals surface area contributed by atoms with E-state index in [1.165, 1.54) is 64.5 Å². The zero-order chi connectivity index (χ0) is 32.9. The van der Waals surface area contributed by atoms with Crippen LogP contribution in [0.1, 0.15) is 45.9 Å². The van der Waals surface area contributed by atoms with Crippen LogP contribution in [0.2, 0.25) is 5.02 Å². The van der Waals surface area contributed by atoms with Crippen LogP contribution in [-0.4, -0.2) is 74.2 Å². The van der Waals surface area contributed by atoms with E-state index in [0.717, 1.165) is 31.5 Å². The third-order valence-corrected chi connectivity index (χ3v) is 8.63. The van der Waals surface area contributed by atoms with E-state index >= 15 is 4.39 Å². The van der Waals surface area contributed by atoms with Crippen molar-refractivity contribution in [2.75, 3.05) is 31.6 Å². The molecule has 0 radical (unpaired) electrons. The smallest absolute Gasteiger partial charge is 0.335 e. The second-order valence-corrected chi connectivity index (χ2v) is 11.7. The van der Waals surface area contributed by atoms with Crippen molar-refractivity contribution in [1.82, 2.24) is 30.4 Å². The number of aromatic nitrogens is 4. The molecule has 3 aromatic carbocycles. The fraction of sp³-hybridized carbons (Fsp3) is 0.273. The number of ether oxygens (including phenoxy) is 1. The summed E-state index contributed by atoms with van der Waals surface area (Å²) >= 11 is 6.06. The molecular weight excluding hydrogens is 629 g/mol. The first-order chi connectivity index (χ1) is 22.8. The van der Waals surface area contributed by atoms with Gasteiger partial charge in [-0.25, -0.2) is 9.18 Å². The Balaban J connectivity index is 1.31. The van der Waals surface area contributed by atoms with Gasteiger partial charge in [-0.3, -0.25) is 9.59 Å². The summed E-state index contributed by atoms with van der Waals surface area (Å²) in [5.74, 6) is -1.82. The number of fused-ring (bicyclic) bond motifs is 1. The molecule has 0 saturated carbocycles. The molecule has 6 rings (SSSR count). The van der Waals surface area contributed by atoms with Gasteiger partial charge in [0, 0.05) is 29.4 Å². The van der Waals surface area contributed by atoms with E-state index in [0.29, 0.717) is 35.9 Å². The number of piperidine rings is 1. The number of halogens is 2. The maximum absolute atomic E-state index is 15.2. The molecule has 12 nitrogen and oxygen atoms in total. The van der Waals surface area contributed by atoms with Crippen LogP contribution in [-0.2, 0) is 16.0 Å². The van der Waals surface area contributed by atoms with Gasteiger partial charge in [-0.05, 0) is 103 Å². The van der Waals surface area contributed by atoms with Gasteiger partial charge < -0.3 is 25.4 Å². The third-order valence-electron chi connectivity index (χ3n) is 8.34. The summed E-state index contributed by atoms with van der Waals surface area (Å²) in [4.78, 5) is 40.5. The number of amides is 2. The molecule has 4 aromatic rings. The minimum absolute atomic E-state index is 0.0105. The van der Waals surface area contributed by atoms with Crippen LogP contribution in [0.3, 0.4) is 0 Å². The van der Waals surface area contributed by atoms with Gasteiger partial charge in [0.1, 0.15) is 18.1 Å². The van der Waals surface area contributed by atoms with Gasteiger partial charge in [0.15, 0.2) is 5.82 Å². The highest BCUT2D eigenvalue weighted by Crippen LogP contribution is 2.37. The Kier molecular flexibility index (Phi) is 9.55. The molecule has 1 atom stereocenters. The number of hydrogen-bond donors (Lipinski definition) is 3. The largest absolute Gasteiger partial charge is 0.493 e. The van der Waals surface area contributed by atoms with E-state index in [2.05, 4.69) is 26.2 Å². The molecule has 1 fully saturated rings. The predicted octanol–water partition coefficient (Wildman–Crippen LogP) is 4.31. The molecule has 2 aliphatic rings. The Bertz CT molecular complexity index is 1810. The Hall–Kier alpha value is -5.14. The van der Waals surface area contributed by atoms with Crippen LogP contribution < -0.4 is 15.4 Å². The van der Waals surface area contributed by atoms with Crippen molar-refractivity contribution in [3.8, 4) is 11.4 Å². The van der Waals surface area contributed by atoms with Crippen molar-refractivity contribution < 1.29 is 28.6 Å². The number of aromatic carboxylic acids is 1. The number of carboxylic acids is 1. The average Bonchev–Trinajstić information content (AvgIpc) is 3.63. The fourth-order valence-electron chi connectivity index (χ4n) is 5.89. The molecule has 0 aliphatic carbocycles. The molecule has 0 bridgehead atoms. The van der Waals surface area contributed by atoms with Crippen LogP contribution in [0, 0.1) is 11.7 Å². The molecule has 14 heteroatoms. The number of carboxylic acid groups (broad SMARTS) is 1. The van der Waals surface area contributed by atoms with E-state index in [-0.39, 0.29) is 28.4 Å². The van der Waals surface area contributed by atoms with Gasteiger partial charge in [-0.15, -0.1) is 5.10 Å². The van der Waals surface area contributed by atoms with Gasteiger partial charge in [-0.2, -0.15) is 4.68 Å². The highest BCUT2D eigenvalue weighted by Gasteiger charge is 2.37. The quantitative estimate of drug-likeness (QED) is 0.223. The van der Waals surface area contributed by atoms with E-state index < -0.39 is 29.6 Å². The van der Waals surface area contributed by atoms with E-state index in [1.54, 1.807) is 12.1 Å². The Morgan fingerprint density at radius 3 is 2.62 bits per heavy atom. The predicted molar refractivity (Wildman–Crippen MR) is 171 cm³/mol. The first kappa shape index (κ1) is 31.8. The van der Waals surface area contributed by atoms with E-state index in [9.17, 15) is 19.5 Å². The van der Waals surface area contributed by atoms with Gasteiger partial charge >= 0.3 is 5.97 Å². The number of carbonyl (C=O) groups excluding carboxylic acids is 2. The summed E-state index contributed by atoms with van der Waals surface area (Å²) in [6.07, 6.45) is 6.21. The molecule has 1 unspecified atom stereocenters. The molecule has 1 saturated heterocycles. The van der Waals surface area contributed by atoms with Gasteiger partial charge in [0.25, 0.3) is 5.91 Å². The lowest BCUT2D eigenvalue weighted by molar-refractivity contribution is -0.135. The average molecular weight is 660 g/mol. The van der Waals surface area contributed by atoms with Crippen molar-refractivity contribution >= 4 is 41.1 Å². The zero-order valence-corrected chi connectivity index (χ0v) is 25.9. The SMILES string of the molecule is O=C(O)c1ccc(NC(=O)C2c3cccc(OCC4CCNCC4)c3CCN2C(=O)/C=C/c2c(-n3cnnn3)ccc(Cl)c2F)cc1. The number of anilines is 1. The summed E-state index contributed by atoms with van der Waals surface area (Å²) in [5.41, 5.74) is 2.11. The Labute approximate surface area is 274 Å². The first-order valence-corrected chi connectivity index (χ1v) is 15.5. The Morgan fingerprint density at radius 1 is 1.11 bits per heavy atom. The molecule has 3 heterocycles. The molecule has 0 spiro atoms. The fourth-order valence-corrected chi connectivity index (χ4v) is 6.06. The lowest BCUT2D eigenvalue weighted by Crippen LogP contribution is -2.45. The van der Waals surface area contributed by atoms with Gasteiger partial charge in [0.05, 0.1) is 22.9 Å². The van der Waals surface area contributed by atoms with Crippen molar-refractivity contribution in [2.45, 2.75) is 25.3 Å². The first-order valence-electron chi connectivity index (χ1n) is 15.1. The second kappa shape index (κ2) is 14.1. The molecule has 242 valence electrons. The van der Waals surface area contributed by atoms with Crippen molar-refractivity contribution in [3.05, 3.63) is 100 Å². The van der Waals surface area contributed by atoms with Crippen LogP contribution in [0.4, 0.5) is 10.1 Å². The number of carbonyl (C=O) groups is 3. The van der Waals surface area contributed by atoms with E-state index in [1.807, 2.05) is 6.07 Å². The summed E-state index contributed by atoms with van der Waals surface area (Å²) in [6.45, 7) is 2.61. The molecule has 2 aliphatic heterocycles. The highest BCUT2D eigenvalue weighted by atomic mass is 35.5.